The predicted molar refractivity (Wildman–Crippen MR) is 113 cm³/mol. The molecule has 3 aromatic carbocycles. The summed E-state index contributed by atoms with van der Waals surface area (Å²) in [4.78, 5) is 12.5. The van der Waals surface area contributed by atoms with E-state index in [1.54, 1.807) is 12.1 Å². The van der Waals surface area contributed by atoms with Gasteiger partial charge >= 0.3 is 6.18 Å². The second-order valence-electron chi connectivity index (χ2n) is 6.55. The Bertz CT molecular complexity index is 1090. The first-order chi connectivity index (χ1) is 14.6. The Morgan fingerprint density at radius 2 is 1.61 bits per heavy atom. The van der Waals surface area contributed by atoms with E-state index in [0.717, 1.165) is 12.1 Å². The van der Waals surface area contributed by atoms with E-state index < -0.39 is 17.6 Å². The Kier molecular flexibility index (Phi) is 6.97. The van der Waals surface area contributed by atoms with E-state index in [9.17, 15) is 23.1 Å². The molecule has 0 saturated carbocycles. The summed E-state index contributed by atoms with van der Waals surface area (Å²) in [6.07, 6.45) is -4.04. The minimum Gasteiger partial charge on any atom is -0.507 e. The van der Waals surface area contributed by atoms with E-state index in [-0.39, 0.29) is 28.6 Å². The van der Waals surface area contributed by atoms with Crippen molar-refractivity contribution in [3.63, 3.8) is 0 Å². The van der Waals surface area contributed by atoms with Crippen molar-refractivity contribution < 1.29 is 27.8 Å². The zero-order valence-corrected chi connectivity index (χ0v) is 17.4. The highest BCUT2D eigenvalue weighted by atomic mass is 35.5. The van der Waals surface area contributed by atoms with E-state index in [1.807, 2.05) is 0 Å². The number of carbonyl (C=O) groups excluding carboxylic acids is 1. The van der Waals surface area contributed by atoms with Gasteiger partial charge in [0.1, 0.15) is 11.5 Å². The number of nitrogens with one attached hydrogen (secondary N) is 1. The van der Waals surface area contributed by atoms with Crippen molar-refractivity contribution in [2.45, 2.75) is 12.6 Å². The maximum absolute atomic E-state index is 12.7. The van der Waals surface area contributed by atoms with Gasteiger partial charge in [-0.1, -0.05) is 35.3 Å². The van der Waals surface area contributed by atoms with Crippen LogP contribution in [0.2, 0.25) is 10.0 Å². The largest absolute Gasteiger partial charge is 0.507 e. The summed E-state index contributed by atoms with van der Waals surface area (Å²) in [6.45, 7) is 0.151. The van der Waals surface area contributed by atoms with Gasteiger partial charge in [-0.2, -0.15) is 13.2 Å². The summed E-state index contributed by atoms with van der Waals surface area (Å²) in [7, 11) is 0. The Morgan fingerprint density at radius 3 is 2.29 bits per heavy atom. The SMILES string of the molecule is O=C(Nc1cc(Cl)ccc1OCCc1ccc(C(F)(F)F)cc1)c1cc(Cl)ccc1O. The second kappa shape index (κ2) is 9.49. The van der Waals surface area contributed by atoms with Gasteiger partial charge in [-0.05, 0) is 54.1 Å². The number of carbonyl (C=O) groups is 1. The van der Waals surface area contributed by atoms with Crippen molar-refractivity contribution in [2.75, 3.05) is 11.9 Å². The maximum atomic E-state index is 12.7. The molecule has 0 aliphatic carbocycles. The van der Waals surface area contributed by atoms with Crippen LogP contribution in [-0.4, -0.2) is 17.6 Å². The van der Waals surface area contributed by atoms with Crippen molar-refractivity contribution >= 4 is 34.8 Å². The van der Waals surface area contributed by atoms with Crippen molar-refractivity contribution in [3.8, 4) is 11.5 Å². The van der Waals surface area contributed by atoms with Crippen molar-refractivity contribution in [1.82, 2.24) is 0 Å². The van der Waals surface area contributed by atoms with Gasteiger partial charge in [0.15, 0.2) is 0 Å². The molecule has 0 fully saturated rings. The number of phenolic OH excluding ortho intramolecular Hbond substituents is 1. The summed E-state index contributed by atoms with van der Waals surface area (Å²) in [5.41, 5.74) is 0.188. The van der Waals surface area contributed by atoms with Crippen LogP contribution in [0.3, 0.4) is 0 Å². The molecule has 9 heteroatoms. The lowest BCUT2D eigenvalue weighted by Gasteiger charge is -2.14. The standard InChI is InChI=1S/C22H16Cl2F3NO3/c23-15-5-7-19(29)17(11-15)21(30)28-18-12-16(24)6-8-20(18)31-10-9-13-1-3-14(4-2-13)22(25,26)27/h1-8,11-12,29H,9-10H2,(H,28,30). The molecule has 0 unspecified atom stereocenters. The number of alkyl halides is 3. The molecule has 4 nitrogen and oxygen atoms in total. The Morgan fingerprint density at radius 1 is 0.968 bits per heavy atom. The lowest BCUT2D eigenvalue weighted by molar-refractivity contribution is -0.137. The third-order valence-corrected chi connectivity index (χ3v) is 4.79. The van der Waals surface area contributed by atoms with Gasteiger partial charge < -0.3 is 15.2 Å². The second-order valence-corrected chi connectivity index (χ2v) is 7.42. The lowest BCUT2D eigenvalue weighted by Crippen LogP contribution is -2.14. The first kappa shape index (κ1) is 22.8. The van der Waals surface area contributed by atoms with Gasteiger partial charge in [0.05, 0.1) is 23.4 Å². The molecular formula is C22H16Cl2F3NO3. The first-order valence-electron chi connectivity index (χ1n) is 9.02. The fraction of sp³-hybridized carbons (Fsp3) is 0.136. The molecule has 0 heterocycles. The molecule has 0 radical (unpaired) electrons. The number of amides is 1. The normalized spacial score (nSPS) is 11.3. The molecule has 0 aliphatic rings. The van der Waals surface area contributed by atoms with E-state index in [0.29, 0.717) is 22.8 Å². The van der Waals surface area contributed by atoms with Crippen LogP contribution < -0.4 is 10.1 Å². The van der Waals surface area contributed by atoms with Gasteiger partial charge in [-0.25, -0.2) is 0 Å². The molecule has 0 saturated heterocycles. The Balaban J connectivity index is 1.68. The molecule has 2 N–H and O–H groups in total. The summed E-state index contributed by atoms with van der Waals surface area (Å²) >= 11 is 11.9. The van der Waals surface area contributed by atoms with Crippen LogP contribution in [0.1, 0.15) is 21.5 Å². The summed E-state index contributed by atoms with van der Waals surface area (Å²) in [5, 5.41) is 13.1. The Hall–Kier alpha value is -2.90. The Labute approximate surface area is 186 Å². The lowest BCUT2D eigenvalue weighted by atomic mass is 10.1. The minimum atomic E-state index is -4.39. The molecule has 0 aliphatic heterocycles. The highest BCUT2D eigenvalue weighted by molar-refractivity contribution is 6.31. The maximum Gasteiger partial charge on any atom is 0.416 e. The molecular weight excluding hydrogens is 454 g/mol. The number of hydrogen-bond acceptors (Lipinski definition) is 3. The number of benzene rings is 3. The number of aromatic hydroxyl groups is 1. The fourth-order valence-corrected chi connectivity index (χ4v) is 3.09. The summed E-state index contributed by atoms with van der Waals surface area (Å²) in [5.74, 6) is -0.547. The van der Waals surface area contributed by atoms with E-state index in [4.69, 9.17) is 27.9 Å². The van der Waals surface area contributed by atoms with Crippen LogP contribution in [0, 0.1) is 0 Å². The zero-order valence-electron chi connectivity index (χ0n) is 15.8. The van der Waals surface area contributed by atoms with Crippen LogP contribution in [0.5, 0.6) is 11.5 Å². The molecule has 3 rings (SSSR count). The first-order valence-corrected chi connectivity index (χ1v) is 9.77. The van der Waals surface area contributed by atoms with Crippen LogP contribution >= 0.6 is 23.2 Å². The van der Waals surface area contributed by atoms with E-state index in [1.165, 1.54) is 36.4 Å². The van der Waals surface area contributed by atoms with Gasteiger partial charge in [0, 0.05) is 16.5 Å². The average Bonchev–Trinajstić information content (AvgIpc) is 2.71. The summed E-state index contributed by atoms with van der Waals surface area (Å²) in [6, 6.07) is 13.5. The number of rotatable bonds is 6. The third kappa shape index (κ3) is 6.06. The van der Waals surface area contributed by atoms with Gasteiger partial charge in [-0.15, -0.1) is 0 Å². The number of halogens is 5. The highest BCUT2D eigenvalue weighted by Crippen LogP contribution is 2.31. The predicted octanol–water partition coefficient (Wildman–Crippen LogP) is 6.59. The van der Waals surface area contributed by atoms with Gasteiger partial charge in [0.25, 0.3) is 5.91 Å². The monoisotopic (exact) mass is 469 g/mol. The number of anilines is 1. The molecule has 0 aromatic heterocycles. The molecule has 0 spiro atoms. The van der Waals surface area contributed by atoms with Gasteiger partial charge in [-0.3, -0.25) is 4.79 Å². The molecule has 0 bridgehead atoms. The quantitative estimate of drug-likeness (QED) is 0.427. The fourth-order valence-electron chi connectivity index (χ4n) is 2.74. The molecule has 162 valence electrons. The van der Waals surface area contributed by atoms with Crippen molar-refractivity contribution in [2.24, 2.45) is 0 Å². The van der Waals surface area contributed by atoms with Crippen molar-refractivity contribution in [1.29, 1.82) is 0 Å². The third-order valence-electron chi connectivity index (χ3n) is 4.32. The number of hydrogen-bond donors (Lipinski definition) is 2. The topological polar surface area (TPSA) is 58.6 Å². The molecule has 0 atom stereocenters. The smallest absolute Gasteiger partial charge is 0.416 e. The zero-order chi connectivity index (χ0) is 22.6. The molecule has 31 heavy (non-hydrogen) atoms. The van der Waals surface area contributed by atoms with E-state index in [2.05, 4.69) is 5.32 Å². The average molecular weight is 470 g/mol. The molecule has 3 aromatic rings. The van der Waals surface area contributed by atoms with Crippen LogP contribution in [0.4, 0.5) is 18.9 Å². The number of phenols is 1. The highest BCUT2D eigenvalue weighted by Gasteiger charge is 2.29. The minimum absolute atomic E-state index is 0.0248. The van der Waals surface area contributed by atoms with Crippen molar-refractivity contribution in [3.05, 3.63) is 87.4 Å². The van der Waals surface area contributed by atoms with Crippen LogP contribution in [0.15, 0.2) is 60.7 Å². The molecule has 1 amide bonds. The van der Waals surface area contributed by atoms with Gasteiger partial charge in [0.2, 0.25) is 0 Å². The van der Waals surface area contributed by atoms with Crippen LogP contribution in [0.25, 0.3) is 0 Å². The van der Waals surface area contributed by atoms with Crippen LogP contribution in [-0.2, 0) is 12.6 Å². The van der Waals surface area contributed by atoms with E-state index >= 15 is 0 Å². The number of ether oxygens (including phenoxy) is 1. The summed E-state index contributed by atoms with van der Waals surface area (Å²) < 4.78 is 43.7.